The molecule has 2 aromatic carbocycles. The molecule has 0 bridgehead atoms. The lowest BCUT2D eigenvalue weighted by molar-refractivity contribution is -0.384. The zero-order valence-electron chi connectivity index (χ0n) is 17.9. The number of carbonyl (C=O) groups excluding carboxylic acids is 1. The molecule has 0 unspecified atom stereocenters. The molecule has 1 fully saturated rings. The molecule has 1 saturated heterocycles. The highest BCUT2D eigenvalue weighted by Crippen LogP contribution is 2.30. The lowest BCUT2D eigenvalue weighted by Crippen LogP contribution is -2.39. The van der Waals surface area contributed by atoms with Crippen LogP contribution in [0.4, 0.5) is 15.2 Å². The van der Waals surface area contributed by atoms with Gasteiger partial charge in [0.05, 0.1) is 22.8 Å². The van der Waals surface area contributed by atoms with Gasteiger partial charge >= 0.3 is 0 Å². The monoisotopic (exact) mass is 470 g/mol. The second-order valence-electron chi connectivity index (χ2n) is 7.56. The van der Waals surface area contributed by atoms with E-state index in [1.807, 2.05) is 0 Å². The van der Waals surface area contributed by atoms with Crippen molar-refractivity contribution in [3.05, 3.63) is 70.0 Å². The Kier molecular flexibility index (Phi) is 7.38. The molecule has 2 heterocycles. The average Bonchev–Trinajstić information content (AvgIpc) is 3.26. The number of rotatable bonds is 8. The van der Waals surface area contributed by atoms with Crippen LogP contribution in [0.15, 0.2) is 48.5 Å². The molecule has 3 aromatic rings. The van der Waals surface area contributed by atoms with Crippen LogP contribution in [0, 0.1) is 15.9 Å². The highest BCUT2D eigenvalue weighted by atomic mass is 32.1. The number of non-ortho nitro benzene ring substituents is 1. The lowest BCUT2D eigenvalue weighted by Gasteiger charge is -2.27. The second-order valence-corrected chi connectivity index (χ2v) is 8.57. The number of carbonyl (C=O) groups is 1. The molecule has 33 heavy (non-hydrogen) atoms. The minimum Gasteiger partial charge on any atom is -0.379 e. The molecule has 0 atom stereocenters. The molecule has 1 aliphatic heterocycles. The molecule has 0 spiro atoms. The fourth-order valence-corrected chi connectivity index (χ4v) is 4.57. The van der Waals surface area contributed by atoms with Gasteiger partial charge in [-0.05, 0) is 42.3 Å². The van der Waals surface area contributed by atoms with Crippen molar-refractivity contribution in [1.29, 1.82) is 0 Å². The maximum atomic E-state index is 14.2. The number of nitrogens with zero attached hydrogens (tertiary/aromatic N) is 4. The Balaban J connectivity index is 1.51. The van der Waals surface area contributed by atoms with Gasteiger partial charge in [-0.1, -0.05) is 17.4 Å². The number of thiazole rings is 1. The standard InChI is InChI=1S/C23H23FN4O4S/c24-19-3-1-4-20-22(19)25-23(33-20)27(12-2-11-26-13-15-32-16-14-26)21(29)10-7-17-5-8-18(9-6-17)28(30)31/h1,3-10H,2,11-16H2/b10-7+. The third-order valence-electron chi connectivity index (χ3n) is 5.34. The summed E-state index contributed by atoms with van der Waals surface area (Å²) in [6.45, 7) is 4.39. The SMILES string of the molecule is O=C(/C=C/c1ccc([N+](=O)[O-])cc1)N(CCCN1CCOCC1)c1nc2c(F)cccc2s1. The van der Waals surface area contributed by atoms with Gasteiger partial charge in [0.2, 0.25) is 0 Å². The molecule has 4 rings (SSSR count). The van der Waals surface area contributed by atoms with Crippen molar-refractivity contribution in [2.24, 2.45) is 0 Å². The fraction of sp³-hybridized carbons (Fsp3) is 0.304. The summed E-state index contributed by atoms with van der Waals surface area (Å²) in [5.41, 5.74) is 0.903. The van der Waals surface area contributed by atoms with E-state index in [2.05, 4.69) is 9.88 Å². The van der Waals surface area contributed by atoms with Crippen molar-refractivity contribution < 1.29 is 18.8 Å². The van der Waals surface area contributed by atoms with E-state index < -0.39 is 10.7 Å². The summed E-state index contributed by atoms with van der Waals surface area (Å²) in [5, 5.41) is 11.3. The van der Waals surface area contributed by atoms with E-state index in [1.165, 1.54) is 35.6 Å². The number of nitro benzene ring substituents is 1. The number of fused-ring (bicyclic) bond motifs is 1. The molecule has 8 nitrogen and oxygen atoms in total. The normalized spacial score (nSPS) is 14.7. The summed E-state index contributed by atoms with van der Waals surface area (Å²) in [6.07, 6.45) is 3.75. The lowest BCUT2D eigenvalue weighted by atomic mass is 10.2. The molecule has 10 heteroatoms. The Bertz CT molecular complexity index is 1160. The summed E-state index contributed by atoms with van der Waals surface area (Å²) >= 11 is 1.27. The maximum Gasteiger partial charge on any atom is 0.269 e. The molecule has 172 valence electrons. The van der Waals surface area contributed by atoms with E-state index in [4.69, 9.17) is 4.74 Å². The van der Waals surface area contributed by atoms with E-state index in [-0.39, 0.29) is 17.1 Å². The van der Waals surface area contributed by atoms with Gasteiger partial charge in [-0.25, -0.2) is 9.37 Å². The van der Waals surface area contributed by atoms with Crippen molar-refractivity contribution in [1.82, 2.24) is 9.88 Å². The molecular formula is C23H23FN4O4S. The van der Waals surface area contributed by atoms with Gasteiger partial charge in [0, 0.05) is 44.4 Å². The zero-order valence-corrected chi connectivity index (χ0v) is 18.7. The number of aromatic nitrogens is 1. The third kappa shape index (κ3) is 5.78. The molecular weight excluding hydrogens is 447 g/mol. The largest absolute Gasteiger partial charge is 0.379 e. The van der Waals surface area contributed by atoms with Gasteiger partial charge in [0.1, 0.15) is 11.3 Å². The smallest absolute Gasteiger partial charge is 0.269 e. The van der Waals surface area contributed by atoms with Crippen molar-refractivity contribution in [3.8, 4) is 0 Å². The van der Waals surface area contributed by atoms with Gasteiger partial charge < -0.3 is 4.74 Å². The molecule has 1 aromatic heterocycles. The first-order valence-corrected chi connectivity index (χ1v) is 11.4. The van der Waals surface area contributed by atoms with Crippen LogP contribution >= 0.6 is 11.3 Å². The van der Waals surface area contributed by atoms with Crippen molar-refractivity contribution >= 4 is 44.4 Å². The average molecular weight is 471 g/mol. The number of hydrogen-bond donors (Lipinski definition) is 0. The van der Waals surface area contributed by atoms with E-state index in [1.54, 1.807) is 35.2 Å². The Labute approximate surface area is 194 Å². The number of hydrogen-bond acceptors (Lipinski definition) is 7. The van der Waals surface area contributed by atoms with Crippen LogP contribution < -0.4 is 4.90 Å². The zero-order chi connectivity index (χ0) is 23.2. The molecule has 0 saturated carbocycles. The van der Waals surface area contributed by atoms with Crippen LogP contribution in [0.25, 0.3) is 16.3 Å². The van der Waals surface area contributed by atoms with Gasteiger partial charge in [0.25, 0.3) is 11.6 Å². The van der Waals surface area contributed by atoms with Crippen LogP contribution in [-0.2, 0) is 9.53 Å². The van der Waals surface area contributed by atoms with Crippen molar-refractivity contribution in [2.45, 2.75) is 6.42 Å². The third-order valence-corrected chi connectivity index (χ3v) is 6.38. The van der Waals surface area contributed by atoms with Crippen molar-refractivity contribution in [2.75, 3.05) is 44.3 Å². The number of ether oxygens (including phenoxy) is 1. The van der Waals surface area contributed by atoms with Crippen LogP contribution in [0.1, 0.15) is 12.0 Å². The number of amides is 1. The number of anilines is 1. The first-order chi connectivity index (χ1) is 16.0. The summed E-state index contributed by atoms with van der Waals surface area (Å²) in [7, 11) is 0. The Morgan fingerprint density at radius 2 is 2.00 bits per heavy atom. The molecule has 1 amide bonds. The quantitative estimate of drug-likeness (QED) is 0.280. The highest BCUT2D eigenvalue weighted by Gasteiger charge is 2.20. The summed E-state index contributed by atoms with van der Waals surface area (Å²) in [5.74, 6) is -0.702. The first-order valence-electron chi connectivity index (χ1n) is 10.6. The summed E-state index contributed by atoms with van der Waals surface area (Å²) in [4.78, 5) is 31.7. The number of morpholine rings is 1. The van der Waals surface area contributed by atoms with E-state index in [0.29, 0.717) is 35.2 Å². The number of para-hydroxylation sites is 1. The van der Waals surface area contributed by atoms with E-state index in [9.17, 15) is 19.3 Å². The maximum absolute atomic E-state index is 14.2. The number of benzene rings is 2. The van der Waals surface area contributed by atoms with Gasteiger partial charge in [-0.15, -0.1) is 0 Å². The van der Waals surface area contributed by atoms with Gasteiger partial charge in [-0.2, -0.15) is 0 Å². The van der Waals surface area contributed by atoms with Crippen LogP contribution in [-0.4, -0.2) is 60.1 Å². The Morgan fingerprint density at radius 1 is 1.24 bits per heavy atom. The fourth-order valence-electron chi connectivity index (χ4n) is 3.56. The van der Waals surface area contributed by atoms with Crippen LogP contribution in [0.2, 0.25) is 0 Å². The van der Waals surface area contributed by atoms with Crippen LogP contribution in [0.3, 0.4) is 0 Å². The molecule has 0 N–H and O–H groups in total. The minimum atomic E-state index is -0.471. The van der Waals surface area contributed by atoms with E-state index >= 15 is 0 Å². The highest BCUT2D eigenvalue weighted by molar-refractivity contribution is 7.22. The number of nitro groups is 1. The van der Waals surface area contributed by atoms with Crippen molar-refractivity contribution in [3.63, 3.8) is 0 Å². The van der Waals surface area contributed by atoms with Gasteiger partial charge in [-0.3, -0.25) is 24.7 Å². The first kappa shape index (κ1) is 23.0. The molecule has 1 aliphatic rings. The Hall–Kier alpha value is -3.21. The topological polar surface area (TPSA) is 88.8 Å². The number of halogens is 1. The molecule has 0 aliphatic carbocycles. The predicted molar refractivity (Wildman–Crippen MR) is 126 cm³/mol. The summed E-state index contributed by atoms with van der Waals surface area (Å²) in [6, 6.07) is 10.7. The predicted octanol–water partition coefficient (Wildman–Crippen LogP) is 4.11. The minimum absolute atomic E-state index is 0.0141. The van der Waals surface area contributed by atoms with E-state index in [0.717, 1.165) is 26.1 Å². The second kappa shape index (κ2) is 10.6. The van der Waals surface area contributed by atoms with Crippen LogP contribution in [0.5, 0.6) is 0 Å². The van der Waals surface area contributed by atoms with Gasteiger partial charge in [0.15, 0.2) is 5.13 Å². The summed E-state index contributed by atoms with van der Waals surface area (Å²) < 4.78 is 20.2. The Morgan fingerprint density at radius 3 is 2.70 bits per heavy atom. The molecule has 0 radical (unpaired) electrons.